The van der Waals surface area contributed by atoms with Gasteiger partial charge < -0.3 is 10.6 Å². The molecule has 0 radical (unpaired) electrons. The van der Waals surface area contributed by atoms with Gasteiger partial charge in [0.1, 0.15) is 5.82 Å². The Bertz CT molecular complexity index is 352. The summed E-state index contributed by atoms with van der Waals surface area (Å²) in [6.45, 7) is 4.27. The van der Waals surface area contributed by atoms with Gasteiger partial charge in [-0.15, -0.1) is 0 Å². The molecule has 0 saturated carbocycles. The lowest BCUT2D eigenvalue weighted by molar-refractivity contribution is 0.252. The van der Waals surface area contributed by atoms with Crippen molar-refractivity contribution in [2.24, 2.45) is 0 Å². The van der Waals surface area contributed by atoms with Gasteiger partial charge in [0, 0.05) is 6.54 Å². The third-order valence-corrected chi connectivity index (χ3v) is 2.03. The minimum Gasteiger partial charge on any atom is -0.338 e. The molecule has 3 nitrogen and oxygen atoms in total. The molecule has 0 fully saturated rings. The number of nitrogens with one attached hydrogen (secondary N) is 2. The maximum Gasteiger partial charge on any atom is 0.319 e. The van der Waals surface area contributed by atoms with Crippen LogP contribution in [0.1, 0.15) is 19.4 Å². The molecule has 0 spiro atoms. The molecule has 0 aliphatic carbocycles. The number of carbonyl (C=O) groups is 1. The summed E-state index contributed by atoms with van der Waals surface area (Å²) in [5.41, 5.74) is 1.12. The first-order chi connectivity index (χ1) is 7.17. The Kier molecular flexibility index (Phi) is 4.09. The Morgan fingerprint density at radius 3 is 2.67 bits per heavy atom. The van der Waals surface area contributed by atoms with Crippen LogP contribution in [0.15, 0.2) is 18.2 Å². The lowest BCUT2D eigenvalue weighted by Crippen LogP contribution is -2.28. The summed E-state index contributed by atoms with van der Waals surface area (Å²) in [5, 5.41) is 4.97. The molecule has 0 aromatic heterocycles. The van der Waals surface area contributed by atoms with E-state index in [0.29, 0.717) is 6.54 Å². The number of urea groups is 1. The van der Waals surface area contributed by atoms with Gasteiger partial charge in [-0.05, 0) is 31.0 Å². The Morgan fingerprint density at radius 2 is 2.13 bits per heavy atom. The molecule has 1 rings (SSSR count). The fraction of sp³-hybridized carbons (Fsp3) is 0.364. The van der Waals surface area contributed by atoms with Crippen molar-refractivity contribution in [3.05, 3.63) is 29.6 Å². The second-order valence-corrected chi connectivity index (χ2v) is 3.15. The average Bonchev–Trinajstić information content (AvgIpc) is 2.21. The molecular formula is C11H15FN2O. The van der Waals surface area contributed by atoms with Crippen LogP contribution in [0.25, 0.3) is 0 Å². The van der Waals surface area contributed by atoms with Crippen LogP contribution in [0.3, 0.4) is 0 Å². The second-order valence-electron chi connectivity index (χ2n) is 3.15. The summed E-state index contributed by atoms with van der Waals surface area (Å²) in [7, 11) is 0. The van der Waals surface area contributed by atoms with Crippen LogP contribution in [0.5, 0.6) is 0 Å². The van der Waals surface area contributed by atoms with Crippen LogP contribution in [0.4, 0.5) is 14.9 Å². The molecular weight excluding hydrogens is 195 g/mol. The maximum absolute atomic E-state index is 13.4. The third kappa shape index (κ3) is 3.23. The number of amides is 2. The normalized spacial score (nSPS) is 9.80. The van der Waals surface area contributed by atoms with Crippen LogP contribution in [-0.2, 0) is 6.42 Å². The van der Waals surface area contributed by atoms with Crippen molar-refractivity contribution in [1.82, 2.24) is 5.32 Å². The highest BCUT2D eigenvalue weighted by Crippen LogP contribution is 2.15. The van der Waals surface area contributed by atoms with Gasteiger partial charge in [0.2, 0.25) is 0 Å². The zero-order valence-electron chi connectivity index (χ0n) is 8.93. The molecule has 4 heteroatoms. The van der Waals surface area contributed by atoms with Crippen LogP contribution in [-0.4, -0.2) is 12.6 Å². The molecule has 2 amide bonds. The minimum absolute atomic E-state index is 0.207. The van der Waals surface area contributed by atoms with E-state index in [1.54, 1.807) is 19.1 Å². The summed E-state index contributed by atoms with van der Waals surface area (Å²) >= 11 is 0. The Balaban J connectivity index is 2.73. The van der Waals surface area contributed by atoms with Gasteiger partial charge in [-0.1, -0.05) is 13.0 Å². The SMILES string of the molecule is CCNC(=O)Nc1ccc(CC)cc1F. The van der Waals surface area contributed by atoms with Gasteiger partial charge in [-0.3, -0.25) is 0 Å². The average molecular weight is 210 g/mol. The van der Waals surface area contributed by atoms with Gasteiger partial charge in [-0.2, -0.15) is 0 Å². The largest absolute Gasteiger partial charge is 0.338 e. The standard InChI is InChI=1S/C11H15FN2O/c1-3-8-5-6-10(9(12)7-8)14-11(15)13-4-2/h5-7H,3-4H2,1-2H3,(H2,13,14,15). The zero-order chi connectivity index (χ0) is 11.3. The van der Waals surface area contributed by atoms with Gasteiger partial charge in [0.25, 0.3) is 0 Å². The molecule has 0 atom stereocenters. The van der Waals surface area contributed by atoms with Crippen molar-refractivity contribution in [3.8, 4) is 0 Å². The number of rotatable bonds is 3. The lowest BCUT2D eigenvalue weighted by Gasteiger charge is -2.07. The van der Waals surface area contributed by atoms with E-state index in [-0.39, 0.29) is 11.7 Å². The van der Waals surface area contributed by atoms with E-state index in [2.05, 4.69) is 10.6 Å². The first-order valence-corrected chi connectivity index (χ1v) is 5.00. The van der Waals surface area contributed by atoms with E-state index < -0.39 is 5.82 Å². The summed E-state index contributed by atoms with van der Waals surface area (Å²) in [5.74, 6) is -0.402. The number of anilines is 1. The van der Waals surface area contributed by atoms with E-state index in [0.717, 1.165) is 12.0 Å². The fourth-order valence-corrected chi connectivity index (χ4v) is 1.21. The van der Waals surface area contributed by atoms with E-state index in [1.807, 2.05) is 6.92 Å². The van der Waals surface area contributed by atoms with Crippen molar-refractivity contribution in [2.45, 2.75) is 20.3 Å². The Morgan fingerprint density at radius 1 is 1.40 bits per heavy atom. The zero-order valence-corrected chi connectivity index (χ0v) is 8.93. The molecule has 0 unspecified atom stereocenters. The summed E-state index contributed by atoms with van der Waals surface area (Å²) in [6, 6.07) is 4.41. The topological polar surface area (TPSA) is 41.1 Å². The molecule has 15 heavy (non-hydrogen) atoms. The van der Waals surface area contributed by atoms with Gasteiger partial charge in [-0.25, -0.2) is 9.18 Å². The van der Waals surface area contributed by atoms with Crippen LogP contribution in [0.2, 0.25) is 0 Å². The summed E-state index contributed by atoms with van der Waals surface area (Å²) in [6.07, 6.45) is 0.776. The Labute approximate surface area is 88.7 Å². The summed E-state index contributed by atoms with van der Waals surface area (Å²) in [4.78, 5) is 11.1. The van der Waals surface area contributed by atoms with Gasteiger partial charge in [0.05, 0.1) is 5.69 Å². The number of hydrogen-bond acceptors (Lipinski definition) is 1. The molecule has 82 valence electrons. The molecule has 0 aliphatic heterocycles. The van der Waals surface area contributed by atoms with Gasteiger partial charge in [0.15, 0.2) is 0 Å². The van der Waals surface area contributed by atoms with E-state index >= 15 is 0 Å². The highest BCUT2D eigenvalue weighted by molar-refractivity contribution is 5.89. The predicted octanol–water partition coefficient (Wildman–Crippen LogP) is 2.53. The molecule has 0 aliphatic rings. The predicted molar refractivity (Wildman–Crippen MR) is 58.5 cm³/mol. The van der Waals surface area contributed by atoms with E-state index in [4.69, 9.17) is 0 Å². The van der Waals surface area contributed by atoms with Crippen molar-refractivity contribution in [2.75, 3.05) is 11.9 Å². The molecule has 1 aromatic rings. The third-order valence-electron chi connectivity index (χ3n) is 2.03. The molecule has 0 bridgehead atoms. The van der Waals surface area contributed by atoms with Crippen molar-refractivity contribution in [1.29, 1.82) is 0 Å². The highest BCUT2D eigenvalue weighted by Gasteiger charge is 2.05. The first kappa shape index (κ1) is 11.5. The van der Waals surface area contributed by atoms with Crippen LogP contribution in [0, 0.1) is 5.82 Å². The quantitative estimate of drug-likeness (QED) is 0.790. The van der Waals surface area contributed by atoms with Crippen molar-refractivity contribution < 1.29 is 9.18 Å². The highest BCUT2D eigenvalue weighted by atomic mass is 19.1. The van der Waals surface area contributed by atoms with Crippen LogP contribution < -0.4 is 10.6 Å². The van der Waals surface area contributed by atoms with E-state index in [1.165, 1.54) is 6.07 Å². The molecule has 1 aromatic carbocycles. The summed E-state index contributed by atoms with van der Waals surface area (Å²) < 4.78 is 13.4. The monoisotopic (exact) mass is 210 g/mol. The first-order valence-electron chi connectivity index (χ1n) is 5.00. The van der Waals surface area contributed by atoms with Crippen molar-refractivity contribution >= 4 is 11.7 Å². The number of aryl methyl sites for hydroxylation is 1. The Hall–Kier alpha value is -1.58. The fourth-order valence-electron chi connectivity index (χ4n) is 1.21. The number of hydrogen-bond donors (Lipinski definition) is 2. The lowest BCUT2D eigenvalue weighted by atomic mass is 10.1. The second kappa shape index (κ2) is 5.34. The van der Waals surface area contributed by atoms with Gasteiger partial charge >= 0.3 is 6.03 Å². The molecule has 0 heterocycles. The number of carbonyl (C=O) groups excluding carboxylic acids is 1. The number of benzene rings is 1. The van der Waals surface area contributed by atoms with Crippen LogP contribution >= 0.6 is 0 Å². The minimum atomic E-state index is -0.402. The smallest absolute Gasteiger partial charge is 0.319 e. The molecule has 0 saturated heterocycles. The molecule has 2 N–H and O–H groups in total. The number of halogens is 1. The van der Waals surface area contributed by atoms with Crippen molar-refractivity contribution in [3.63, 3.8) is 0 Å². The van der Waals surface area contributed by atoms with E-state index in [9.17, 15) is 9.18 Å². The maximum atomic E-state index is 13.4.